The van der Waals surface area contributed by atoms with Gasteiger partial charge in [0, 0.05) is 5.69 Å². The Bertz CT molecular complexity index is 640. The molecule has 0 amide bonds. The van der Waals surface area contributed by atoms with Crippen LogP contribution in [0.3, 0.4) is 0 Å². The van der Waals surface area contributed by atoms with Crippen molar-refractivity contribution in [1.82, 2.24) is 15.0 Å². The highest BCUT2D eigenvalue weighted by atomic mass is 14.8. The van der Waals surface area contributed by atoms with E-state index >= 15 is 0 Å². The van der Waals surface area contributed by atoms with Gasteiger partial charge in [-0.2, -0.15) is 0 Å². The molecule has 3 heteroatoms. The summed E-state index contributed by atoms with van der Waals surface area (Å²) in [5.74, 6) is 0. The first kappa shape index (κ1) is 9.09. The summed E-state index contributed by atoms with van der Waals surface area (Å²) in [6, 6.07) is 11.9. The van der Waals surface area contributed by atoms with Crippen LogP contribution in [0.2, 0.25) is 0 Å². The fourth-order valence-corrected chi connectivity index (χ4v) is 1.74. The number of H-pyrrole nitrogens is 1. The Balaban J connectivity index is 2.18. The van der Waals surface area contributed by atoms with E-state index in [1.165, 1.54) is 0 Å². The molecule has 0 fully saturated rings. The minimum atomic E-state index is 0.881. The maximum absolute atomic E-state index is 4.57. The van der Waals surface area contributed by atoms with Crippen LogP contribution in [0.1, 0.15) is 5.69 Å². The van der Waals surface area contributed by atoms with Gasteiger partial charge in [0.25, 0.3) is 0 Å². The van der Waals surface area contributed by atoms with Crippen molar-refractivity contribution in [2.45, 2.75) is 6.92 Å². The number of aromatic amines is 1. The molecule has 0 aliphatic carbocycles. The molecule has 3 nitrogen and oxygen atoms in total. The third kappa shape index (κ3) is 1.46. The Morgan fingerprint density at radius 3 is 2.56 bits per heavy atom. The van der Waals surface area contributed by atoms with E-state index in [0.717, 1.165) is 28.1 Å². The zero-order valence-electron chi connectivity index (χ0n) is 8.94. The lowest BCUT2D eigenvalue weighted by Gasteiger charge is -1.99. The van der Waals surface area contributed by atoms with Crippen molar-refractivity contribution in [3.63, 3.8) is 0 Å². The van der Waals surface area contributed by atoms with Crippen LogP contribution in [0.25, 0.3) is 22.4 Å². The van der Waals surface area contributed by atoms with E-state index in [9.17, 15) is 0 Å². The van der Waals surface area contributed by atoms with Gasteiger partial charge in [0.05, 0.1) is 22.9 Å². The molecule has 0 spiro atoms. The molecule has 0 atom stereocenters. The van der Waals surface area contributed by atoms with E-state index in [1.807, 2.05) is 43.3 Å². The quantitative estimate of drug-likeness (QED) is 0.669. The first-order valence-corrected chi connectivity index (χ1v) is 5.21. The number of aryl methyl sites for hydroxylation is 1. The molecule has 0 unspecified atom stereocenters. The van der Waals surface area contributed by atoms with Crippen LogP contribution < -0.4 is 0 Å². The van der Waals surface area contributed by atoms with E-state index in [-0.39, 0.29) is 0 Å². The average Bonchev–Trinajstić information content (AvgIpc) is 2.75. The van der Waals surface area contributed by atoms with Gasteiger partial charge in [0.15, 0.2) is 0 Å². The van der Waals surface area contributed by atoms with Gasteiger partial charge in [0.1, 0.15) is 5.69 Å². The molecule has 3 aromatic rings. The van der Waals surface area contributed by atoms with Gasteiger partial charge in [-0.3, -0.25) is 4.98 Å². The Morgan fingerprint density at radius 2 is 1.81 bits per heavy atom. The van der Waals surface area contributed by atoms with Crippen LogP contribution in [-0.2, 0) is 0 Å². The predicted octanol–water partition coefficient (Wildman–Crippen LogP) is 2.93. The zero-order valence-corrected chi connectivity index (χ0v) is 8.94. The number of para-hydroxylation sites is 2. The minimum absolute atomic E-state index is 0.881. The van der Waals surface area contributed by atoms with Crippen LogP contribution in [0.15, 0.2) is 42.6 Å². The highest BCUT2D eigenvalue weighted by Crippen LogP contribution is 2.17. The lowest BCUT2D eigenvalue weighted by Crippen LogP contribution is -1.88. The molecule has 0 saturated heterocycles. The molecule has 0 saturated carbocycles. The molecule has 1 N–H and O–H groups in total. The second-order valence-electron chi connectivity index (χ2n) is 3.80. The van der Waals surface area contributed by atoms with Crippen LogP contribution in [0.5, 0.6) is 0 Å². The van der Waals surface area contributed by atoms with E-state index in [0.29, 0.717) is 0 Å². The summed E-state index contributed by atoms with van der Waals surface area (Å²) >= 11 is 0. The summed E-state index contributed by atoms with van der Waals surface area (Å²) in [6.07, 6.45) is 1.80. The first-order valence-electron chi connectivity index (χ1n) is 5.21. The van der Waals surface area contributed by atoms with Gasteiger partial charge >= 0.3 is 0 Å². The van der Waals surface area contributed by atoms with Crippen molar-refractivity contribution in [2.24, 2.45) is 0 Å². The molecule has 0 bridgehead atoms. The second-order valence-corrected chi connectivity index (χ2v) is 3.80. The number of nitrogens with zero attached hydrogens (tertiary/aromatic N) is 2. The molecule has 16 heavy (non-hydrogen) atoms. The summed E-state index contributed by atoms with van der Waals surface area (Å²) < 4.78 is 0. The van der Waals surface area contributed by atoms with Gasteiger partial charge < -0.3 is 4.98 Å². The number of fused-ring (bicyclic) bond motifs is 1. The first-order chi connectivity index (χ1) is 7.83. The lowest BCUT2D eigenvalue weighted by atomic mass is 10.2. The third-order valence-electron chi connectivity index (χ3n) is 2.56. The highest BCUT2D eigenvalue weighted by molar-refractivity contribution is 5.76. The predicted molar refractivity (Wildman–Crippen MR) is 64.1 cm³/mol. The zero-order chi connectivity index (χ0) is 11.0. The SMILES string of the molecule is Cc1ccc(-c2cnc3ccccc3n2)[nH]1. The average molecular weight is 209 g/mol. The lowest BCUT2D eigenvalue weighted by molar-refractivity contribution is 1.22. The fraction of sp³-hybridized carbons (Fsp3) is 0.0769. The third-order valence-corrected chi connectivity index (χ3v) is 2.56. The van der Waals surface area contributed by atoms with E-state index in [4.69, 9.17) is 0 Å². The normalized spacial score (nSPS) is 10.8. The monoisotopic (exact) mass is 209 g/mol. The van der Waals surface area contributed by atoms with Gasteiger partial charge in [-0.1, -0.05) is 12.1 Å². The molecular formula is C13H11N3. The topological polar surface area (TPSA) is 41.6 Å². The van der Waals surface area contributed by atoms with Crippen molar-refractivity contribution < 1.29 is 0 Å². The summed E-state index contributed by atoms with van der Waals surface area (Å²) in [6.45, 7) is 2.03. The largest absolute Gasteiger partial charge is 0.357 e. The maximum atomic E-state index is 4.57. The molecule has 2 heterocycles. The van der Waals surface area contributed by atoms with Crippen molar-refractivity contribution in [3.8, 4) is 11.4 Å². The standard InChI is InChI=1S/C13H11N3/c1-9-6-7-12(15-9)13-8-14-10-4-2-3-5-11(10)16-13/h2-8,15H,1H3. The van der Waals surface area contributed by atoms with Gasteiger partial charge in [-0.15, -0.1) is 0 Å². The van der Waals surface area contributed by atoms with Crippen molar-refractivity contribution in [2.75, 3.05) is 0 Å². The van der Waals surface area contributed by atoms with Gasteiger partial charge in [-0.25, -0.2) is 4.98 Å². The molecule has 0 aliphatic rings. The molecule has 3 rings (SSSR count). The molecular weight excluding hydrogens is 198 g/mol. The minimum Gasteiger partial charge on any atom is -0.357 e. The van der Waals surface area contributed by atoms with E-state index in [1.54, 1.807) is 6.20 Å². The van der Waals surface area contributed by atoms with Gasteiger partial charge in [-0.05, 0) is 31.2 Å². The second kappa shape index (κ2) is 3.45. The number of benzene rings is 1. The number of nitrogens with one attached hydrogen (secondary N) is 1. The van der Waals surface area contributed by atoms with Crippen molar-refractivity contribution in [3.05, 3.63) is 48.3 Å². The summed E-state index contributed by atoms with van der Waals surface area (Å²) in [4.78, 5) is 12.2. The summed E-state index contributed by atoms with van der Waals surface area (Å²) in [5.41, 5.74) is 4.87. The van der Waals surface area contributed by atoms with Crippen LogP contribution in [0.4, 0.5) is 0 Å². The summed E-state index contributed by atoms with van der Waals surface area (Å²) in [5, 5.41) is 0. The van der Waals surface area contributed by atoms with Crippen LogP contribution in [-0.4, -0.2) is 15.0 Å². The Morgan fingerprint density at radius 1 is 1.00 bits per heavy atom. The Labute approximate surface area is 93.2 Å². The van der Waals surface area contributed by atoms with Crippen LogP contribution in [0, 0.1) is 6.92 Å². The Hall–Kier alpha value is -2.16. The molecule has 0 aliphatic heterocycles. The van der Waals surface area contributed by atoms with Crippen molar-refractivity contribution in [1.29, 1.82) is 0 Å². The molecule has 0 radical (unpaired) electrons. The number of hydrogen-bond acceptors (Lipinski definition) is 2. The number of hydrogen-bond donors (Lipinski definition) is 1. The van der Waals surface area contributed by atoms with Crippen LogP contribution >= 0.6 is 0 Å². The molecule has 2 aromatic heterocycles. The molecule has 78 valence electrons. The van der Waals surface area contributed by atoms with E-state index < -0.39 is 0 Å². The fourth-order valence-electron chi connectivity index (χ4n) is 1.74. The highest BCUT2D eigenvalue weighted by Gasteiger charge is 2.03. The van der Waals surface area contributed by atoms with Crippen molar-refractivity contribution >= 4 is 11.0 Å². The summed E-state index contributed by atoms with van der Waals surface area (Å²) in [7, 11) is 0. The maximum Gasteiger partial charge on any atom is 0.105 e. The molecule has 1 aromatic carbocycles. The smallest absolute Gasteiger partial charge is 0.105 e. The van der Waals surface area contributed by atoms with Gasteiger partial charge in [0.2, 0.25) is 0 Å². The Kier molecular flexibility index (Phi) is 1.96. The van der Waals surface area contributed by atoms with E-state index in [2.05, 4.69) is 15.0 Å². The number of aromatic nitrogens is 3. The number of rotatable bonds is 1.